The maximum atomic E-state index is 12.4. The fourth-order valence-corrected chi connectivity index (χ4v) is 3.38. The molecule has 2 unspecified atom stereocenters. The monoisotopic (exact) mass is 249 g/mol. The van der Waals surface area contributed by atoms with Crippen LogP contribution in [0.4, 0.5) is 5.95 Å². The highest BCUT2D eigenvalue weighted by Gasteiger charge is 2.36. The van der Waals surface area contributed by atoms with Gasteiger partial charge < -0.3 is 10.6 Å². The molecule has 1 saturated heterocycles. The van der Waals surface area contributed by atoms with Crippen LogP contribution in [0.5, 0.6) is 0 Å². The number of carbonyl (C=O) groups excluding carboxylic acids is 1. The van der Waals surface area contributed by atoms with Gasteiger partial charge in [0.25, 0.3) is 5.91 Å². The molecular formula is C12H19N5O. The zero-order chi connectivity index (χ0) is 12.5. The van der Waals surface area contributed by atoms with Crippen molar-refractivity contribution >= 4 is 11.9 Å². The molecule has 1 aliphatic heterocycles. The van der Waals surface area contributed by atoms with E-state index in [1.807, 2.05) is 4.90 Å². The molecule has 0 spiro atoms. The molecule has 2 fully saturated rings. The quantitative estimate of drug-likeness (QED) is 0.782. The van der Waals surface area contributed by atoms with E-state index in [9.17, 15) is 4.79 Å². The number of aromatic nitrogens is 3. The van der Waals surface area contributed by atoms with E-state index in [0.717, 1.165) is 19.4 Å². The van der Waals surface area contributed by atoms with Gasteiger partial charge in [0, 0.05) is 12.6 Å². The molecule has 0 aromatic carbocycles. The minimum Gasteiger partial charge on any atom is -0.366 e. The zero-order valence-corrected chi connectivity index (χ0v) is 10.4. The van der Waals surface area contributed by atoms with Crippen LogP contribution in [-0.2, 0) is 0 Å². The first-order valence-corrected chi connectivity index (χ1v) is 6.74. The Balaban J connectivity index is 1.79. The largest absolute Gasteiger partial charge is 0.366 e. The molecule has 3 N–H and O–H groups in total. The third-order valence-electron chi connectivity index (χ3n) is 4.21. The number of nitrogens with zero attached hydrogens (tertiary/aromatic N) is 3. The molecule has 0 radical (unpaired) electrons. The van der Waals surface area contributed by atoms with E-state index in [-0.39, 0.29) is 17.7 Å². The second kappa shape index (κ2) is 4.59. The molecule has 2 atom stereocenters. The number of hydrogen-bond acceptors (Lipinski definition) is 4. The average Bonchev–Trinajstić information content (AvgIpc) is 2.84. The highest BCUT2D eigenvalue weighted by Crippen LogP contribution is 2.35. The van der Waals surface area contributed by atoms with Crippen LogP contribution in [0.15, 0.2) is 0 Å². The fraction of sp³-hybridized carbons (Fsp3) is 0.750. The lowest BCUT2D eigenvalue weighted by molar-refractivity contribution is 0.0380. The van der Waals surface area contributed by atoms with E-state index < -0.39 is 0 Å². The Hall–Kier alpha value is -1.59. The minimum atomic E-state index is -0.0456. The molecule has 6 heteroatoms. The minimum absolute atomic E-state index is 0.0456. The maximum absolute atomic E-state index is 12.4. The third-order valence-corrected chi connectivity index (χ3v) is 4.21. The smallest absolute Gasteiger partial charge is 0.291 e. The number of anilines is 1. The number of nitrogen functional groups attached to an aromatic ring is 1. The van der Waals surface area contributed by atoms with Gasteiger partial charge in [-0.05, 0) is 31.6 Å². The van der Waals surface area contributed by atoms with Crippen LogP contribution in [-0.4, -0.2) is 38.6 Å². The lowest BCUT2D eigenvalue weighted by Crippen LogP contribution is -2.49. The van der Waals surface area contributed by atoms with Gasteiger partial charge in [0.15, 0.2) is 0 Å². The molecule has 6 nitrogen and oxygen atoms in total. The fourth-order valence-electron chi connectivity index (χ4n) is 3.38. The van der Waals surface area contributed by atoms with Gasteiger partial charge in [0.2, 0.25) is 11.8 Å². The average molecular weight is 249 g/mol. The molecule has 2 aliphatic rings. The van der Waals surface area contributed by atoms with Gasteiger partial charge in [-0.25, -0.2) is 0 Å². The first kappa shape index (κ1) is 11.5. The van der Waals surface area contributed by atoms with Crippen LogP contribution in [0.25, 0.3) is 0 Å². The molecule has 98 valence electrons. The van der Waals surface area contributed by atoms with Crippen molar-refractivity contribution in [3.8, 4) is 0 Å². The van der Waals surface area contributed by atoms with E-state index in [4.69, 9.17) is 5.73 Å². The molecule has 3 rings (SSSR count). The van der Waals surface area contributed by atoms with Crippen LogP contribution in [0.1, 0.15) is 49.1 Å². The van der Waals surface area contributed by atoms with Gasteiger partial charge in [-0.3, -0.25) is 9.89 Å². The standard InChI is InChI=1S/C12H19N5O/c13-12-14-10(15-16-12)11(18)17-7-3-5-8-4-1-2-6-9(8)17/h8-9H,1-7H2,(H3,13,14,15,16). The number of rotatable bonds is 1. The number of amides is 1. The summed E-state index contributed by atoms with van der Waals surface area (Å²) in [7, 11) is 0. The summed E-state index contributed by atoms with van der Waals surface area (Å²) in [6, 6.07) is 0.395. The number of likely N-dealkylation sites (tertiary alicyclic amines) is 1. The van der Waals surface area contributed by atoms with E-state index in [1.54, 1.807) is 0 Å². The summed E-state index contributed by atoms with van der Waals surface area (Å²) in [5.74, 6) is 1.04. The van der Waals surface area contributed by atoms with Crippen molar-refractivity contribution < 1.29 is 4.79 Å². The second-order valence-electron chi connectivity index (χ2n) is 5.29. The summed E-state index contributed by atoms with van der Waals surface area (Å²) in [6.07, 6.45) is 7.26. The Bertz CT molecular complexity index is 441. The van der Waals surface area contributed by atoms with Crippen molar-refractivity contribution in [3.63, 3.8) is 0 Å². The summed E-state index contributed by atoms with van der Waals surface area (Å²) in [4.78, 5) is 18.3. The van der Waals surface area contributed by atoms with E-state index in [1.165, 1.54) is 25.7 Å². The van der Waals surface area contributed by atoms with E-state index in [2.05, 4.69) is 15.2 Å². The molecule has 1 aromatic rings. The predicted molar refractivity (Wildman–Crippen MR) is 66.8 cm³/mol. The van der Waals surface area contributed by atoms with Gasteiger partial charge in [-0.2, -0.15) is 4.98 Å². The highest BCUT2D eigenvalue weighted by atomic mass is 16.2. The molecule has 18 heavy (non-hydrogen) atoms. The van der Waals surface area contributed by atoms with Crippen molar-refractivity contribution in [1.82, 2.24) is 20.1 Å². The predicted octanol–water partition coefficient (Wildman–Crippen LogP) is 1.18. The van der Waals surface area contributed by atoms with Crippen LogP contribution < -0.4 is 5.73 Å². The molecule has 1 aromatic heterocycles. The van der Waals surface area contributed by atoms with Gasteiger partial charge in [-0.1, -0.05) is 12.8 Å². The Morgan fingerprint density at radius 1 is 1.28 bits per heavy atom. The van der Waals surface area contributed by atoms with E-state index >= 15 is 0 Å². The van der Waals surface area contributed by atoms with Crippen molar-refractivity contribution in [2.75, 3.05) is 12.3 Å². The first-order valence-electron chi connectivity index (χ1n) is 6.74. The molecular weight excluding hydrogens is 230 g/mol. The van der Waals surface area contributed by atoms with E-state index in [0.29, 0.717) is 12.0 Å². The van der Waals surface area contributed by atoms with Crippen molar-refractivity contribution in [2.24, 2.45) is 5.92 Å². The van der Waals surface area contributed by atoms with Crippen molar-refractivity contribution in [2.45, 2.75) is 44.6 Å². The summed E-state index contributed by atoms with van der Waals surface area (Å²) < 4.78 is 0. The molecule has 1 aliphatic carbocycles. The number of fused-ring (bicyclic) bond motifs is 1. The number of H-pyrrole nitrogens is 1. The molecule has 0 bridgehead atoms. The van der Waals surface area contributed by atoms with Crippen molar-refractivity contribution in [1.29, 1.82) is 0 Å². The Labute approximate surface area is 106 Å². The number of nitrogens with one attached hydrogen (secondary N) is 1. The van der Waals surface area contributed by atoms with Gasteiger partial charge >= 0.3 is 0 Å². The zero-order valence-electron chi connectivity index (χ0n) is 10.4. The summed E-state index contributed by atoms with van der Waals surface area (Å²) in [5.41, 5.74) is 5.45. The SMILES string of the molecule is Nc1n[nH]c(C(=O)N2CCCC3CCCCC32)n1. The van der Waals surface area contributed by atoms with Crippen LogP contribution in [0.2, 0.25) is 0 Å². The van der Waals surface area contributed by atoms with Crippen LogP contribution in [0.3, 0.4) is 0 Å². The summed E-state index contributed by atoms with van der Waals surface area (Å²) in [6.45, 7) is 0.834. The highest BCUT2D eigenvalue weighted by molar-refractivity contribution is 5.91. The lowest BCUT2D eigenvalue weighted by Gasteiger charge is -2.43. The van der Waals surface area contributed by atoms with Gasteiger partial charge in [0.1, 0.15) is 0 Å². The Morgan fingerprint density at radius 2 is 2.06 bits per heavy atom. The number of aromatic amines is 1. The Kier molecular flexibility index (Phi) is 2.93. The summed E-state index contributed by atoms with van der Waals surface area (Å²) in [5, 5.41) is 6.35. The third kappa shape index (κ3) is 1.95. The lowest BCUT2D eigenvalue weighted by atomic mass is 9.78. The normalized spacial score (nSPS) is 27.9. The second-order valence-corrected chi connectivity index (χ2v) is 5.29. The number of piperidine rings is 1. The molecule has 2 heterocycles. The maximum Gasteiger partial charge on any atom is 0.291 e. The van der Waals surface area contributed by atoms with Crippen molar-refractivity contribution in [3.05, 3.63) is 5.82 Å². The topological polar surface area (TPSA) is 87.9 Å². The van der Waals surface area contributed by atoms with Gasteiger partial charge in [0.05, 0.1) is 0 Å². The van der Waals surface area contributed by atoms with Crippen LogP contribution in [0, 0.1) is 5.92 Å². The molecule has 1 saturated carbocycles. The van der Waals surface area contributed by atoms with Crippen LogP contribution >= 0.6 is 0 Å². The summed E-state index contributed by atoms with van der Waals surface area (Å²) >= 11 is 0. The Morgan fingerprint density at radius 3 is 2.83 bits per heavy atom. The number of carbonyl (C=O) groups is 1. The number of nitrogens with two attached hydrogens (primary N) is 1. The first-order chi connectivity index (χ1) is 8.75. The van der Waals surface area contributed by atoms with Gasteiger partial charge in [-0.15, -0.1) is 5.10 Å². The molecule has 1 amide bonds. The number of hydrogen-bond donors (Lipinski definition) is 2.